The fraction of sp³-hybridized carbons (Fsp3) is 0.909. The average molecular weight is 237 g/mol. The van der Waals surface area contributed by atoms with Gasteiger partial charge in [0, 0.05) is 36.5 Å². The van der Waals surface area contributed by atoms with Crippen molar-refractivity contribution in [1.29, 1.82) is 0 Å². The standard InChI is InChI=1S/C11H19N5O/c12-9-3-1-2-4-10(9)16-7-8(5-11(16)17)6-14-15-13/h8-10H,1-7,12H2. The first-order chi connectivity index (χ1) is 8.22. The Balaban J connectivity index is 1.96. The van der Waals surface area contributed by atoms with Crippen molar-refractivity contribution in [3.8, 4) is 0 Å². The van der Waals surface area contributed by atoms with E-state index >= 15 is 0 Å². The Kier molecular flexibility index (Phi) is 3.86. The second kappa shape index (κ2) is 5.38. The molecule has 0 bridgehead atoms. The molecule has 1 aliphatic carbocycles. The molecular formula is C11H19N5O. The number of carbonyl (C=O) groups is 1. The van der Waals surface area contributed by atoms with Crippen LogP contribution in [0.2, 0.25) is 0 Å². The van der Waals surface area contributed by atoms with E-state index in [-0.39, 0.29) is 23.9 Å². The predicted octanol–water partition coefficient (Wildman–Crippen LogP) is 1.42. The van der Waals surface area contributed by atoms with Crippen LogP contribution in [0.1, 0.15) is 32.1 Å². The van der Waals surface area contributed by atoms with E-state index in [0.29, 0.717) is 19.5 Å². The molecule has 94 valence electrons. The molecule has 1 amide bonds. The molecule has 3 atom stereocenters. The van der Waals surface area contributed by atoms with E-state index in [0.717, 1.165) is 19.3 Å². The molecular weight excluding hydrogens is 218 g/mol. The van der Waals surface area contributed by atoms with Crippen LogP contribution < -0.4 is 5.73 Å². The summed E-state index contributed by atoms with van der Waals surface area (Å²) < 4.78 is 0. The highest BCUT2D eigenvalue weighted by Gasteiger charge is 2.37. The lowest BCUT2D eigenvalue weighted by atomic mass is 9.90. The topological polar surface area (TPSA) is 95.1 Å². The van der Waals surface area contributed by atoms with Gasteiger partial charge in [0.05, 0.1) is 0 Å². The number of amides is 1. The smallest absolute Gasteiger partial charge is 0.223 e. The van der Waals surface area contributed by atoms with E-state index in [4.69, 9.17) is 11.3 Å². The summed E-state index contributed by atoms with van der Waals surface area (Å²) in [7, 11) is 0. The molecule has 1 aliphatic heterocycles. The molecule has 0 aromatic carbocycles. The largest absolute Gasteiger partial charge is 0.338 e. The normalized spacial score (nSPS) is 33.6. The summed E-state index contributed by atoms with van der Waals surface area (Å²) in [6.45, 7) is 1.12. The third kappa shape index (κ3) is 2.70. The molecule has 1 heterocycles. The fourth-order valence-corrected chi connectivity index (χ4v) is 2.93. The first-order valence-electron chi connectivity index (χ1n) is 6.28. The molecule has 6 heteroatoms. The van der Waals surface area contributed by atoms with Crippen molar-refractivity contribution in [3.63, 3.8) is 0 Å². The number of azide groups is 1. The highest BCUT2D eigenvalue weighted by atomic mass is 16.2. The van der Waals surface area contributed by atoms with Crippen molar-refractivity contribution in [2.24, 2.45) is 16.8 Å². The van der Waals surface area contributed by atoms with Crippen molar-refractivity contribution in [3.05, 3.63) is 10.4 Å². The van der Waals surface area contributed by atoms with Crippen molar-refractivity contribution in [2.75, 3.05) is 13.1 Å². The summed E-state index contributed by atoms with van der Waals surface area (Å²) >= 11 is 0. The monoisotopic (exact) mass is 237 g/mol. The lowest BCUT2D eigenvalue weighted by molar-refractivity contribution is -0.130. The molecule has 0 aromatic heterocycles. The zero-order valence-corrected chi connectivity index (χ0v) is 9.96. The van der Waals surface area contributed by atoms with Gasteiger partial charge in [0.25, 0.3) is 0 Å². The maximum Gasteiger partial charge on any atom is 0.223 e. The molecule has 1 saturated carbocycles. The number of hydrogen-bond acceptors (Lipinski definition) is 3. The lowest BCUT2D eigenvalue weighted by Gasteiger charge is -2.36. The van der Waals surface area contributed by atoms with Gasteiger partial charge in [0.1, 0.15) is 0 Å². The summed E-state index contributed by atoms with van der Waals surface area (Å²) in [5, 5.41) is 3.56. The number of hydrogen-bond donors (Lipinski definition) is 1. The van der Waals surface area contributed by atoms with E-state index in [9.17, 15) is 4.79 Å². The average Bonchev–Trinajstić information content (AvgIpc) is 2.68. The van der Waals surface area contributed by atoms with E-state index < -0.39 is 0 Å². The Labute approximate surface area is 101 Å². The third-order valence-corrected chi connectivity index (χ3v) is 3.82. The van der Waals surface area contributed by atoms with Gasteiger partial charge in [-0.05, 0) is 24.3 Å². The van der Waals surface area contributed by atoms with Crippen LogP contribution in [0.4, 0.5) is 0 Å². The van der Waals surface area contributed by atoms with Gasteiger partial charge in [-0.1, -0.05) is 18.0 Å². The highest BCUT2D eigenvalue weighted by molar-refractivity contribution is 5.79. The Morgan fingerprint density at radius 3 is 2.94 bits per heavy atom. The van der Waals surface area contributed by atoms with Gasteiger partial charge in [-0.15, -0.1) is 0 Å². The van der Waals surface area contributed by atoms with Crippen LogP contribution in [0.3, 0.4) is 0 Å². The maximum absolute atomic E-state index is 11.9. The van der Waals surface area contributed by atoms with E-state index in [1.54, 1.807) is 0 Å². The number of nitrogens with zero attached hydrogens (tertiary/aromatic N) is 4. The molecule has 2 fully saturated rings. The quantitative estimate of drug-likeness (QED) is 0.456. The van der Waals surface area contributed by atoms with Crippen LogP contribution >= 0.6 is 0 Å². The molecule has 3 unspecified atom stereocenters. The van der Waals surface area contributed by atoms with Gasteiger partial charge < -0.3 is 10.6 Å². The maximum atomic E-state index is 11.9. The highest BCUT2D eigenvalue weighted by Crippen LogP contribution is 2.28. The van der Waals surface area contributed by atoms with Crippen LogP contribution in [0, 0.1) is 5.92 Å². The summed E-state index contributed by atoms with van der Waals surface area (Å²) in [4.78, 5) is 16.6. The van der Waals surface area contributed by atoms with Crippen molar-refractivity contribution >= 4 is 5.91 Å². The van der Waals surface area contributed by atoms with Crippen LogP contribution in [0.5, 0.6) is 0 Å². The SMILES string of the molecule is [N-]=[N+]=NCC1CC(=O)N(C2CCCCC2N)C1. The Hall–Kier alpha value is -1.26. The predicted molar refractivity (Wildman–Crippen MR) is 64.1 cm³/mol. The van der Waals surface area contributed by atoms with Crippen molar-refractivity contribution in [2.45, 2.75) is 44.2 Å². The van der Waals surface area contributed by atoms with E-state index in [1.807, 2.05) is 4.90 Å². The lowest BCUT2D eigenvalue weighted by Crippen LogP contribution is -2.50. The van der Waals surface area contributed by atoms with Crippen LogP contribution in [0.25, 0.3) is 10.4 Å². The zero-order chi connectivity index (χ0) is 12.3. The summed E-state index contributed by atoms with van der Waals surface area (Å²) in [6, 6.07) is 0.318. The van der Waals surface area contributed by atoms with E-state index in [2.05, 4.69) is 10.0 Å². The van der Waals surface area contributed by atoms with Gasteiger partial charge in [-0.2, -0.15) is 0 Å². The minimum absolute atomic E-state index is 0.117. The Morgan fingerprint density at radius 1 is 1.47 bits per heavy atom. The third-order valence-electron chi connectivity index (χ3n) is 3.82. The number of carbonyl (C=O) groups excluding carboxylic acids is 1. The molecule has 0 spiro atoms. The Bertz CT molecular complexity index is 339. The Morgan fingerprint density at radius 2 is 2.24 bits per heavy atom. The first-order valence-corrected chi connectivity index (χ1v) is 6.28. The van der Waals surface area contributed by atoms with Gasteiger partial charge in [-0.3, -0.25) is 4.79 Å². The molecule has 0 radical (unpaired) electrons. The molecule has 2 rings (SSSR count). The number of rotatable bonds is 3. The second-order valence-corrected chi connectivity index (χ2v) is 5.05. The molecule has 1 saturated heterocycles. The minimum Gasteiger partial charge on any atom is -0.338 e. The first kappa shape index (κ1) is 12.2. The van der Waals surface area contributed by atoms with Crippen LogP contribution in [-0.2, 0) is 4.79 Å². The van der Waals surface area contributed by atoms with Crippen LogP contribution in [-0.4, -0.2) is 36.0 Å². The van der Waals surface area contributed by atoms with Crippen molar-refractivity contribution < 1.29 is 4.79 Å². The van der Waals surface area contributed by atoms with Gasteiger partial charge in [0.15, 0.2) is 0 Å². The number of likely N-dealkylation sites (tertiary alicyclic amines) is 1. The molecule has 6 nitrogen and oxygen atoms in total. The number of nitrogens with two attached hydrogens (primary N) is 1. The second-order valence-electron chi connectivity index (χ2n) is 5.05. The summed E-state index contributed by atoms with van der Waals surface area (Å²) in [5.41, 5.74) is 14.4. The van der Waals surface area contributed by atoms with Gasteiger partial charge in [-0.25, -0.2) is 0 Å². The summed E-state index contributed by atoms with van der Waals surface area (Å²) in [6.07, 6.45) is 4.85. The van der Waals surface area contributed by atoms with E-state index in [1.165, 1.54) is 6.42 Å². The summed E-state index contributed by atoms with van der Waals surface area (Å²) in [5.74, 6) is 0.345. The fourth-order valence-electron chi connectivity index (χ4n) is 2.93. The molecule has 2 aliphatic rings. The zero-order valence-electron chi connectivity index (χ0n) is 9.96. The van der Waals surface area contributed by atoms with Gasteiger partial charge in [0.2, 0.25) is 5.91 Å². The minimum atomic E-state index is 0.117. The molecule has 2 N–H and O–H groups in total. The van der Waals surface area contributed by atoms with Crippen LogP contribution in [0.15, 0.2) is 5.11 Å². The van der Waals surface area contributed by atoms with Gasteiger partial charge >= 0.3 is 0 Å². The van der Waals surface area contributed by atoms with Crippen molar-refractivity contribution in [1.82, 2.24) is 4.90 Å². The molecule has 17 heavy (non-hydrogen) atoms. The molecule has 0 aromatic rings.